The highest BCUT2D eigenvalue weighted by Gasteiger charge is 2.57. The number of hydrogen-bond acceptors (Lipinski definition) is 2. The van der Waals surface area contributed by atoms with Crippen molar-refractivity contribution in [1.29, 1.82) is 0 Å². The molecular weight excluding hydrogens is 316 g/mol. The van der Waals surface area contributed by atoms with Crippen LogP contribution in [-0.4, -0.2) is 6.54 Å². The van der Waals surface area contributed by atoms with Crippen LogP contribution in [0.2, 0.25) is 0 Å². The van der Waals surface area contributed by atoms with E-state index >= 15 is 0 Å². The van der Waals surface area contributed by atoms with E-state index in [2.05, 4.69) is 26.1 Å². The molecule has 0 aromatic heterocycles. The van der Waals surface area contributed by atoms with Crippen molar-refractivity contribution in [3.05, 3.63) is 12.4 Å². The van der Waals surface area contributed by atoms with Gasteiger partial charge in [-0.3, -0.25) is 0 Å². The summed E-state index contributed by atoms with van der Waals surface area (Å²) in [4.78, 5) is 0. The largest absolute Gasteiger partial charge is 0.403 e. The molecule has 2 heteroatoms. The summed E-state index contributed by atoms with van der Waals surface area (Å²) < 4.78 is 0. The summed E-state index contributed by atoms with van der Waals surface area (Å²) in [6.07, 6.45) is 17.2. The van der Waals surface area contributed by atoms with Gasteiger partial charge < -0.3 is 11.1 Å². The van der Waals surface area contributed by atoms with Crippen LogP contribution in [0.1, 0.15) is 78.6 Å². The van der Waals surface area contributed by atoms with Crippen molar-refractivity contribution in [3.63, 3.8) is 0 Å². The number of fused-ring (bicyclic) bond motifs is 5. The molecule has 4 fully saturated rings. The van der Waals surface area contributed by atoms with E-state index in [0.717, 1.165) is 53.9 Å². The summed E-state index contributed by atoms with van der Waals surface area (Å²) >= 11 is 0. The van der Waals surface area contributed by atoms with Crippen LogP contribution in [0.3, 0.4) is 0 Å². The molecule has 26 heavy (non-hydrogen) atoms. The molecule has 4 unspecified atom stereocenters. The normalized spacial score (nSPS) is 49.3. The molecule has 2 nitrogen and oxygen atoms in total. The lowest BCUT2D eigenvalue weighted by atomic mass is 9.49. The first-order valence-corrected chi connectivity index (χ1v) is 11.6. The molecule has 0 radical (unpaired) electrons. The molecule has 0 aromatic carbocycles. The lowest BCUT2D eigenvalue weighted by molar-refractivity contribution is -0.0725. The third-order valence-corrected chi connectivity index (χ3v) is 9.63. The third-order valence-electron chi connectivity index (χ3n) is 9.63. The Hall–Kier alpha value is -0.660. The summed E-state index contributed by atoms with van der Waals surface area (Å²) in [5.41, 5.74) is 6.09. The molecule has 0 amide bonds. The molecule has 0 bridgehead atoms. The quantitative estimate of drug-likeness (QED) is 0.691. The van der Waals surface area contributed by atoms with E-state index < -0.39 is 0 Å². The lowest BCUT2D eigenvalue weighted by Crippen LogP contribution is -2.49. The summed E-state index contributed by atoms with van der Waals surface area (Å²) in [7, 11) is 0. The van der Waals surface area contributed by atoms with Crippen molar-refractivity contribution in [2.75, 3.05) is 6.54 Å². The number of hydrogen-bond donors (Lipinski definition) is 2. The van der Waals surface area contributed by atoms with Gasteiger partial charge in [0, 0.05) is 18.9 Å². The van der Waals surface area contributed by atoms with E-state index in [-0.39, 0.29) is 0 Å². The van der Waals surface area contributed by atoms with E-state index in [1.165, 1.54) is 38.5 Å². The van der Waals surface area contributed by atoms with E-state index in [4.69, 9.17) is 5.73 Å². The Balaban J connectivity index is 1.46. The fraction of sp³-hybridized carbons (Fsp3) is 0.917. The van der Waals surface area contributed by atoms with Gasteiger partial charge in [-0.15, -0.1) is 0 Å². The van der Waals surface area contributed by atoms with E-state index in [1.54, 1.807) is 25.5 Å². The zero-order valence-corrected chi connectivity index (χ0v) is 17.4. The van der Waals surface area contributed by atoms with Gasteiger partial charge in [0.1, 0.15) is 0 Å². The van der Waals surface area contributed by atoms with Crippen molar-refractivity contribution < 1.29 is 0 Å². The molecule has 0 saturated heterocycles. The van der Waals surface area contributed by atoms with Gasteiger partial charge in [0.05, 0.1) is 0 Å². The zero-order chi connectivity index (χ0) is 18.3. The second-order valence-electron chi connectivity index (χ2n) is 10.8. The maximum Gasteiger partial charge on any atom is 0.0170 e. The molecule has 4 aliphatic rings. The minimum absolute atomic E-state index is 0.601. The topological polar surface area (TPSA) is 38.0 Å². The van der Waals surface area contributed by atoms with Crippen LogP contribution in [-0.2, 0) is 0 Å². The van der Waals surface area contributed by atoms with Gasteiger partial charge in [0.15, 0.2) is 0 Å². The molecule has 0 spiro atoms. The number of nitrogens with two attached hydrogens (primary N) is 1. The maximum absolute atomic E-state index is 5.49. The molecule has 4 aliphatic carbocycles. The number of nitrogens with one attached hydrogen (secondary N) is 1. The molecular formula is C24H42N2. The molecule has 3 N–H and O–H groups in total. The summed E-state index contributed by atoms with van der Waals surface area (Å²) in [5, 5.41) is 3.42. The smallest absolute Gasteiger partial charge is 0.0170 e. The van der Waals surface area contributed by atoms with E-state index in [1.807, 2.05) is 6.20 Å². The molecule has 9 atom stereocenters. The Labute approximate surface area is 161 Å². The molecule has 148 valence electrons. The molecule has 0 aromatic rings. The van der Waals surface area contributed by atoms with Crippen LogP contribution in [0.25, 0.3) is 0 Å². The predicted molar refractivity (Wildman–Crippen MR) is 110 cm³/mol. The van der Waals surface area contributed by atoms with Crippen LogP contribution in [0.5, 0.6) is 0 Å². The van der Waals surface area contributed by atoms with Crippen LogP contribution < -0.4 is 11.1 Å². The standard InChI is InChI=1S/C24H42N2/c1-16-4-6-19-18(14-16)5-7-21-20(19)10-11-24(3)22(8-9-23(21)24)17(2)15-26-13-12-25/h12-13,16-23,26H,4-11,14-15,25H2,1-3H3/b13-12-/t16-,17-,18?,19-,20?,21+,22?,23?,24+/m0/s1. The van der Waals surface area contributed by atoms with Gasteiger partial charge >= 0.3 is 0 Å². The van der Waals surface area contributed by atoms with Crippen molar-refractivity contribution in [2.45, 2.75) is 78.6 Å². The van der Waals surface area contributed by atoms with Crippen LogP contribution in [0.4, 0.5) is 0 Å². The summed E-state index contributed by atoms with van der Waals surface area (Å²) in [5.74, 6) is 7.95. The van der Waals surface area contributed by atoms with Gasteiger partial charge in [0.2, 0.25) is 0 Å². The van der Waals surface area contributed by atoms with Gasteiger partial charge in [-0.2, -0.15) is 0 Å². The highest BCUT2D eigenvalue weighted by molar-refractivity contribution is 5.06. The van der Waals surface area contributed by atoms with Gasteiger partial charge in [-0.1, -0.05) is 27.2 Å². The average molecular weight is 359 g/mol. The SMILES string of the molecule is C[C@H]1CC[C@H]2C(CC[C@@H]3C2CC[C@@]2(C)C3CCC2[C@@H](C)CN/C=C\N)C1. The van der Waals surface area contributed by atoms with Crippen LogP contribution >= 0.6 is 0 Å². The van der Waals surface area contributed by atoms with Crippen molar-refractivity contribution in [1.82, 2.24) is 5.32 Å². The minimum Gasteiger partial charge on any atom is -0.403 e. The zero-order valence-electron chi connectivity index (χ0n) is 17.4. The first-order valence-electron chi connectivity index (χ1n) is 11.6. The molecule has 0 aliphatic heterocycles. The molecule has 4 saturated carbocycles. The van der Waals surface area contributed by atoms with Crippen molar-refractivity contribution in [2.24, 2.45) is 58.5 Å². The fourth-order valence-corrected chi connectivity index (χ4v) is 8.53. The third kappa shape index (κ3) is 3.10. The Morgan fingerprint density at radius 2 is 1.85 bits per heavy atom. The first kappa shape index (κ1) is 18.7. The predicted octanol–water partition coefficient (Wildman–Crippen LogP) is 5.55. The van der Waals surface area contributed by atoms with Crippen molar-refractivity contribution in [3.8, 4) is 0 Å². The lowest BCUT2D eigenvalue weighted by Gasteiger charge is -2.56. The highest BCUT2D eigenvalue weighted by atomic mass is 14.8. The van der Waals surface area contributed by atoms with Gasteiger partial charge in [-0.25, -0.2) is 0 Å². The highest BCUT2D eigenvalue weighted by Crippen LogP contribution is 2.65. The van der Waals surface area contributed by atoms with E-state index in [0.29, 0.717) is 5.41 Å². The van der Waals surface area contributed by atoms with Crippen molar-refractivity contribution >= 4 is 0 Å². The number of rotatable bonds is 4. The second-order valence-corrected chi connectivity index (χ2v) is 10.8. The Morgan fingerprint density at radius 3 is 2.65 bits per heavy atom. The Morgan fingerprint density at radius 1 is 1.04 bits per heavy atom. The fourth-order valence-electron chi connectivity index (χ4n) is 8.53. The van der Waals surface area contributed by atoms with Crippen LogP contribution in [0, 0.1) is 52.8 Å². The van der Waals surface area contributed by atoms with Gasteiger partial charge in [-0.05, 0) is 104 Å². The summed E-state index contributed by atoms with van der Waals surface area (Å²) in [6, 6.07) is 0. The second kappa shape index (κ2) is 7.40. The average Bonchev–Trinajstić information content (AvgIpc) is 2.98. The van der Waals surface area contributed by atoms with Gasteiger partial charge in [0.25, 0.3) is 0 Å². The minimum atomic E-state index is 0.601. The Bertz CT molecular complexity index is 514. The van der Waals surface area contributed by atoms with E-state index in [9.17, 15) is 0 Å². The maximum atomic E-state index is 5.49. The monoisotopic (exact) mass is 358 g/mol. The summed E-state index contributed by atoms with van der Waals surface area (Å²) in [6.45, 7) is 8.73. The molecule has 4 rings (SSSR count). The molecule has 0 heterocycles. The first-order chi connectivity index (χ1) is 12.5. The van der Waals surface area contributed by atoms with Crippen LogP contribution in [0.15, 0.2) is 12.4 Å². The Kier molecular flexibility index (Phi) is 5.32.